The minimum atomic E-state index is -0.739. The molecule has 0 aliphatic carbocycles. The average Bonchev–Trinajstić information content (AvgIpc) is 2.99. The second-order valence-corrected chi connectivity index (χ2v) is 6.62. The van der Waals surface area contributed by atoms with Crippen molar-refractivity contribution in [3.63, 3.8) is 0 Å². The maximum Gasteiger partial charge on any atom is 0.250 e. The molecule has 7 heteroatoms. The maximum atomic E-state index is 12.7. The van der Waals surface area contributed by atoms with Gasteiger partial charge in [0.05, 0.1) is 16.9 Å². The van der Waals surface area contributed by atoms with Gasteiger partial charge in [0.25, 0.3) is 0 Å². The van der Waals surface area contributed by atoms with Gasteiger partial charge in [-0.2, -0.15) is 10.2 Å². The van der Waals surface area contributed by atoms with Crippen molar-refractivity contribution in [3.05, 3.63) is 34.3 Å². The van der Waals surface area contributed by atoms with Crippen LogP contribution < -0.4 is 0 Å². The molecule has 0 saturated heterocycles. The molecule has 0 fully saturated rings. The molecule has 0 N–H and O–H groups in total. The van der Waals surface area contributed by atoms with Crippen LogP contribution in [0.15, 0.2) is 23.1 Å². The van der Waals surface area contributed by atoms with Crippen LogP contribution in [0.3, 0.4) is 0 Å². The highest BCUT2D eigenvalue weighted by molar-refractivity contribution is 9.10. The van der Waals surface area contributed by atoms with Gasteiger partial charge in [-0.1, -0.05) is 0 Å². The van der Waals surface area contributed by atoms with Gasteiger partial charge in [0.15, 0.2) is 0 Å². The van der Waals surface area contributed by atoms with Crippen LogP contribution in [0.1, 0.15) is 25.1 Å². The van der Waals surface area contributed by atoms with E-state index in [1.54, 1.807) is 35.2 Å². The zero-order valence-electron chi connectivity index (χ0n) is 13.0. The van der Waals surface area contributed by atoms with Crippen molar-refractivity contribution >= 4 is 21.8 Å². The van der Waals surface area contributed by atoms with Gasteiger partial charge in [0, 0.05) is 38.1 Å². The van der Waals surface area contributed by atoms with Gasteiger partial charge in [-0.25, -0.2) is 0 Å². The molecule has 0 radical (unpaired) electrons. The van der Waals surface area contributed by atoms with Crippen LogP contribution in [0.5, 0.6) is 0 Å². The van der Waals surface area contributed by atoms with E-state index in [0.29, 0.717) is 6.54 Å². The first-order valence-electron chi connectivity index (χ1n) is 6.67. The van der Waals surface area contributed by atoms with Crippen molar-refractivity contribution in [3.8, 4) is 0 Å². The van der Waals surface area contributed by atoms with Gasteiger partial charge >= 0.3 is 0 Å². The summed E-state index contributed by atoms with van der Waals surface area (Å²) in [6, 6.07) is 0. The van der Waals surface area contributed by atoms with Crippen LogP contribution in [-0.4, -0.2) is 37.4 Å². The lowest BCUT2D eigenvalue weighted by molar-refractivity contribution is -0.139. The van der Waals surface area contributed by atoms with Crippen LogP contribution in [0.25, 0.3) is 0 Å². The quantitative estimate of drug-likeness (QED) is 0.845. The maximum absolute atomic E-state index is 12.7. The standard InChI is InChI=1S/C14H20BrN5O/c1-10-11(6-16-19(10)5)8-18(4)13(21)14(2,3)20-9-12(15)7-17-20/h6-7,9H,8H2,1-5H3. The molecule has 2 heterocycles. The topological polar surface area (TPSA) is 56.0 Å². The smallest absolute Gasteiger partial charge is 0.250 e. The van der Waals surface area contributed by atoms with Crippen molar-refractivity contribution in [2.45, 2.75) is 32.9 Å². The molecule has 6 nitrogen and oxygen atoms in total. The number of rotatable bonds is 4. The minimum absolute atomic E-state index is 0.00125. The number of nitrogens with zero attached hydrogens (tertiary/aromatic N) is 5. The van der Waals surface area contributed by atoms with Crippen LogP contribution in [0, 0.1) is 6.92 Å². The Hall–Kier alpha value is -1.63. The summed E-state index contributed by atoms with van der Waals surface area (Å²) >= 11 is 3.36. The number of likely N-dealkylation sites (N-methyl/N-ethyl adjacent to an activating group) is 1. The molecule has 2 rings (SSSR count). The Labute approximate surface area is 132 Å². The van der Waals surface area contributed by atoms with Crippen molar-refractivity contribution in [1.82, 2.24) is 24.5 Å². The number of aryl methyl sites for hydroxylation is 1. The van der Waals surface area contributed by atoms with Crippen molar-refractivity contribution in [1.29, 1.82) is 0 Å². The van der Waals surface area contributed by atoms with E-state index in [1.165, 1.54) is 0 Å². The SMILES string of the molecule is Cc1c(CN(C)C(=O)C(C)(C)n2cc(Br)cn2)cnn1C. The lowest BCUT2D eigenvalue weighted by atomic mass is 10.0. The summed E-state index contributed by atoms with van der Waals surface area (Å²) in [5.74, 6) is 0.00125. The van der Waals surface area contributed by atoms with E-state index in [2.05, 4.69) is 26.1 Å². The summed E-state index contributed by atoms with van der Waals surface area (Å²) < 4.78 is 4.34. The number of aromatic nitrogens is 4. The molecule has 2 aromatic heterocycles. The predicted molar refractivity (Wildman–Crippen MR) is 83.7 cm³/mol. The first-order valence-corrected chi connectivity index (χ1v) is 7.46. The second-order valence-electron chi connectivity index (χ2n) is 5.70. The largest absolute Gasteiger partial charge is 0.339 e. The van der Waals surface area contributed by atoms with E-state index in [1.807, 2.05) is 32.5 Å². The molecule has 1 amide bonds. The molecule has 2 aromatic rings. The van der Waals surface area contributed by atoms with Crippen LogP contribution >= 0.6 is 15.9 Å². The molecule has 0 atom stereocenters. The predicted octanol–water partition coefficient (Wildman–Crippen LogP) is 2.08. The summed E-state index contributed by atoms with van der Waals surface area (Å²) in [5.41, 5.74) is 1.37. The van der Waals surface area contributed by atoms with Crippen molar-refractivity contribution in [2.24, 2.45) is 7.05 Å². The van der Waals surface area contributed by atoms with Crippen molar-refractivity contribution < 1.29 is 4.79 Å². The Balaban J connectivity index is 2.17. The highest BCUT2D eigenvalue weighted by Crippen LogP contribution is 2.21. The number of halogens is 1. The van der Waals surface area contributed by atoms with Crippen LogP contribution in [0.4, 0.5) is 0 Å². The zero-order valence-corrected chi connectivity index (χ0v) is 14.5. The Morgan fingerprint density at radius 1 is 1.38 bits per heavy atom. The number of hydrogen-bond donors (Lipinski definition) is 0. The van der Waals surface area contributed by atoms with Crippen LogP contribution in [-0.2, 0) is 23.9 Å². The Morgan fingerprint density at radius 2 is 2.05 bits per heavy atom. The summed E-state index contributed by atoms with van der Waals surface area (Å²) in [4.78, 5) is 14.4. The third-order valence-electron chi connectivity index (χ3n) is 3.74. The summed E-state index contributed by atoms with van der Waals surface area (Å²) in [6.07, 6.45) is 5.29. The third-order valence-corrected chi connectivity index (χ3v) is 4.15. The zero-order chi connectivity index (χ0) is 15.8. The fraction of sp³-hybridized carbons (Fsp3) is 0.500. The molecule has 0 spiro atoms. The fourth-order valence-corrected chi connectivity index (χ4v) is 2.48. The molecule has 21 heavy (non-hydrogen) atoms. The molecule has 0 saturated carbocycles. The highest BCUT2D eigenvalue weighted by atomic mass is 79.9. The Kier molecular flexibility index (Phi) is 4.22. The van der Waals surface area contributed by atoms with E-state index < -0.39 is 5.54 Å². The van der Waals surface area contributed by atoms with E-state index in [0.717, 1.165) is 15.7 Å². The average molecular weight is 354 g/mol. The van der Waals surface area contributed by atoms with Gasteiger partial charge in [-0.15, -0.1) is 0 Å². The lowest BCUT2D eigenvalue weighted by Crippen LogP contribution is -2.45. The highest BCUT2D eigenvalue weighted by Gasteiger charge is 2.33. The van der Waals surface area contributed by atoms with Gasteiger partial charge in [-0.05, 0) is 36.7 Å². The van der Waals surface area contributed by atoms with E-state index in [-0.39, 0.29) is 5.91 Å². The normalized spacial score (nSPS) is 11.7. The third kappa shape index (κ3) is 3.02. The molecule has 0 aliphatic heterocycles. The van der Waals surface area contributed by atoms with E-state index in [9.17, 15) is 4.79 Å². The lowest BCUT2D eigenvalue weighted by Gasteiger charge is -2.29. The first-order chi connectivity index (χ1) is 9.73. The number of amides is 1. The minimum Gasteiger partial charge on any atom is -0.339 e. The number of hydrogen-bond acceptors (Lipinski definition) is 3. The Morgan fingerprint density at radius 3 is 2.52 bits per heavy atom. The van der Waals surface area contributed by atoms with E-state index in [4.69, 9.17) is 0 Å². The molecule has 114 valence electrons. The first kappa shape index (κ1) is 15.8. The number of carbonyl (C=O) groups is 1. The molecular weight excluding hydrogens is 334 g/mol. The van der Waals surface area contributed by atoms with Gasteiger partial charge < -0.3 is 4.90 Å². The molecule has 0 aromatic carbocycles. The molecule has 0 aliphatic rings. The summed E-state index contributed by atoms with van der Waals surface area (Å²) in [6.45, 7) is 6.25. The van der Waals surface area contributed by atoms with Crippen molar-refractivity contribution in [2.75, 3.05) is 7.05 Å². The molecular formula is C14H20BrN5O. The number of carbonyl (C=O) groups excluding carboxylic acids is 1. The fourth-order valence-electron chi connectivity index (χ4n) is 2.20. The summed E-state index contributed by atoms with van der Waals surface area (Å²) in [5, 5.41) is 8.43. The van der Waals surface area contributed by atoms with Crippen LogP contribution in [0.2, 0.25) is 0 Å². The van der Waals surface area contributed by atoms with Gasteiger partial charge in [0.1, 0.15) is 5.54 Å². The van der Waals surface area contributed by atoms with E-state index >= 15 is 0 Å². The molecule has 0 unspecified atom stereocenters. The Bertz CT molecular complexity index is 658. The van der Waals surface area contributed by atoms with Gasteiger partial charge in [-0.3, -0.25) is 14.2 Å². The van der Waals surface area contributed by atoms with Gasteiger partial charge in [0.2, 0.25) is 5.91 Å². The summed E-state index contributed by atoms with van der Waals surface area (Å²) in [7, 11) is 3.70. The molecule has 0 bridgehead atoms. The monoisotopic (exact) mass is 353 g/mol. The second kappa shape index (κ2) is 5.63.